The fourth-order valence-electron chi connectivity index (χ4n) is 2.62. The summed E-state index contributed by atoms with van der Waals surface area (Å²) in [6, 6.07) is 22.8. The highest BCUT2D eigenvalue weighted by Crippen LogP contribution is 2.39. The van der Waals surface area contributed by atoms with Gasteiger partial charge in [0.2, 0.25) is 0 Å². The second-order valence-corrected chi connectivity index (χ2v) is 13.0. The smallest absolute Gasteiger partial charge is 0.192 e. The maximum Gasteiger partial charge on any atom is 0.192 e. The van der Waals surface area contributed by atoms with Crippen molar-refractivity contribution in [2.75, 3.05) is 0 Å². The second kappa shape index (κ2) is 7.26. The average Bonchev–Trinajstić information content (AvgIpc) is 3.05. The lowest BCUT2D eigenvalue weighted by atomic mass is 10.0. The molecule has 0 amide bonds. The molecule has 0 saturated carbocycles. The van der Waals surface area contributed by atoms with Crippen molar-refractivity contribution in [3.8, 4) is 22.5 Å². The summed E-state index contributed by atoms with van der Waals surface area (Å²) in [4.78, 5) is 0. The molecule has 2 nitrogen and oxygen atoms in total. The Morgan fingerprint density at radius 1 is 0.846 bits per heavy atom. The SMILES string of the molecule is CC(C)(C)[Si](C)(C)OCc1cc(-c2ccccc2)c(-c2ccccc2)o1. The van der Waals surface area contributed by atoms with Crippen molar-refractivity contribution in [3.63, 3.8) is 0 Å². The molecule has 1 aromatic heterocycles. The minimum atomic E-state index is -1.81. The predicted octanol–water partition coefficient (Wildman–Crippen LogP) is 7.14. The summed E-state index contributed by atoms with van der Waals surface area (Å²) in [6.07, 6.45) is 0. The highest BCUT2D eigenvalue weighted by Gasteiger charge is 2.37. The first-order valence-corrected chi connectivity index (χ1v) is 12.1. The Bertz CT molecular complexity index is 786. The van der Waals surface area contributed by atoms with Gasteiger partial charge in [0.25, 0.3) is 0 Å². The Kier molecular flexibility index (Phi) is 5.21. The van der Waals surface area contributed by atoms with E-state index in [2.05, 4.69) is 76.3 Å². The van der Waals surface area contributed by atoms with Crippen molar-refractivity contribution in [3.05, 3.63) is 72.5 Å². The quantitative estimate of drug-likeness (QED) is 0.449. The van der Waals surface area contributed by atoms with E-state index in [-0.39, 0.29) is 5.04 Å². The lowest BCUT2D eigenvalue weighted by Gasteiger charge is -2.35. The first kappa shape index (κ1) is 18.7. The van der Waals surface area contributed by atoms with Gasteiger partial charge in [-0.25, -0.2) is 0 Å². The third-order valence-corrected chi connectivity index (χ3v) is 9.76. The normalized spacial score (nSPS) is 12.3. The zero-order chi connectivity index (χ0) is 18.8. The van der Waals surface area contributed by atoms with Crippen LogP contribution >= 0.6 is 0 Å². The summed E-state index contributed by atoms with van der Waals surface area (Å²) in [7, 11) is -1.81. The van der Waals surface area contributed by atoms with Gasteiger partial charge in [-0.1, -0.05) is 81.4 Å². The number of hydrogen-bond donors (Lipinski definition) is 0. The molecule has 0 atom stereocenters. The second-order valence-electron chi connectivity index (χ2n) is 8.24. The van der Waals surface area contributed by atoms with Crippen LogP contribution in [0.1, 0.15) is 26.5 Å². The molecule has 3 rings (SSSR count). The van der Waals surface area contributed by atoms with Crippen LogP contribution in [-0.4, -0.2) is 8.32 Å². The third kappa shape index (κ3) is 4.00. The molecule has 0 unspecified atom stereocenters. The molecule has 0 radical (unpaired) electrons. The fraction of sp³-hybridized carbons (Fsp3) is 0.304. The van der Waals surface area contributed by atoms with Crippen molar-refractivity contribution in [2.24, 2.45) is 0 Å². The summed E-state index contributed by atoms with van der Waals surface area (Å²) in [5.74, 6) is 1.79. The Morgan fingerprint density at radius 2 is 1.38 bits per heavy atom. The molecule has 0 N–H and O–H groups in total. The van der Waals surface area contributed by atoms with Gasteiger partial charge >= 0.3 is 0 Å². The first-order chi connectivity index (χ1) is 12.3. The molecule has 0 aliphatic carbocycles. The summed E-state index contributed by atoms with van der Waals surface area (Å²) < 4.78 is 12.6. The molecule has 136 valence electrons. The molecular formula is C23H28O2Si. The maximum atomic E-state index is 6.37. The van der Waals surface area contributed by atoms with Gasteiger partial charge in [-0.2, -0.15) is 0 Å². The Hall–Kier alpha value is -2.10. The average molecular weight is 365 g/mol. The minimum absolute atomic E-state index is 0.185. The molecule has 1 heterocycles. The van der Waals surface area contributed by atoms with E-state index in [0.717, 1.165) is 28.2 Å². The van der Waals surface area contributed by atoms with Crippen LogP contribution in [0.25, 0.3) is 22.5 Å². The first-order valence-electron chi connectivity index (χ1n) is 9.15. The van der Waals surface area contributed by atoms with E-state index in [9.17, 15) is 0 Å². The summed E-state index contributed by atoms with van der Waals surface area (Å²) in [6.45, 7) is 11.8. The molecule has 2 aromatic carbocycles. The van der Waals surface area contributed by atoms with Crippen molar-refractivity contribution in [1.29, 1.82) is 0 Å². The molecule has 0 aliphatic heterocycles. The van der Waals surface area contributed by atoms with Crippen LogP contribution in [0.5, 0.6) is 0 Å². The fourth-order valence-corrected chi connectivity index (χ4v) is 3.55. The molecule has 26 heavy (non-hydrogen) atoms. The number of benzene rings is 2. The van der Waals surface area contributed by atoms with Crippen molar-refractivity contribution in [2.45, 2.75) is 45.5 Å². The van der Waals surface area contributed by atoms with Crippen LogP contribution in [0.3, 0.4) is 0 Å². The Morgan fingerprint density at radius 3 is 1.92 bits per heavy atom. The molecule has 0 aliphatic rings. The van der Waals surface area contributed by atoms with E-state index >= 15 is 0 Å². The number of hydrogen-bond acceptors (Lipinski definition) is 2. The van der Waals surface area contributed by atoms with E-state index in [1.807, 2.05) is 24.3 Å². The number of rotatable bonds is 5. The van der Waals surface area contributed by atoms with Gasteiger partial charge in [-0.15, -0.1) is 0 Å². The van der Waals surface area contributed by atoms with Crippen molar-refractivity contribution in [1.82, 2.24) is 0 Å². The molecule has 0 bridgehead atoms. The van der Waals surface area contributed by atoms with Gasteiger partial charge in [0.05, 0.1) is 6.61 Å². The van der Waals surface area contributed by atoms with E-state index in [1.165, 1.54) is 0 Å². The third-order valence-electron chi connectivity index (χ3n) is 5.29. The lowest BCUT2D eigenvalue weighted by molar-refractivity contribution is 0.247. The molecule has 0 spiro atoms. The topological polar surface area (TPSA) is 22.4 Å². The monoisotopic (exact) mass is 364 g/mol. The minimum Gasteiger partial charge on any atom is -0.458 e. The van der Waals surface area contributed by atoms with Crippen LogP contribution in [0, 0.1) is 0 Å². The summed E-state index contributed by atoms with van der Waals surface area (Å²) in [5, 5.41) is 0.185. The van der Waals surface area contributed by atoms with E-state index < -0.39 is 8.32 Å². The summed E-state index contributed by atoms with van der Waals surface area (Å²) >= 11 is 0. The van der Waals surface area contributed by atoms with Crippen LogP contribution in [0.4, 0.5) is 0 Å². The highest BCUT2D eigenvalue weighted by molar-refractivity contribution is 6.74. The van der Waals surface area contributed by atoms with Crippen molar-refractivity contribution < 1.29 is 8.84 Å². The highest BCUT2D eigenvalue weighted by atomic mass is 28.4. The predicted molar refractivity (Wildman–Crippen MR) is 112 cm³/mol. The van der Waals surface area contributed by atoms with Crippen LogP contribution < -0.4 is 0 Å². The van der Waals surface area contributed by atoms with Crippen LogP contribution in [-0.2, 0) is 11.0 Å². The molecule has 3 heteroatoms. The zero-order valence-electron chi connectivity index (χ0n) is 16.4. The van der Waals surface area contributed by atoms with Gasteiger partial charge in [-0.3, -0.25) is 0 Å². The summed E-state index contributed by atoms with van der Waals surface area (Å²) in [5.41, 5.74) is 3.37. The van der Waals surface area contributed by atoms with Gasteiger partial charge in [0, 0.05) is 11.1 Å². The standard InChI is InChI=1S/C23H28O2Si/c1-23(2,3)26(4,5)24-17-20-16-21(18-12-8-6-9-13-18)22(25-20)19-14-10-7-11-15-19/h6-16H,17H2,1-5H3. The van der Waals surface area contributed by atoms with Gasteiger partial charge in [-0.05, 0) is 29.8 Å². The zero-order valence-corrected chi connectivity index (χ0v) is 17.4. The van der Waals surface area contributed by atoms with Crippen LogP contribution in [0.15, 0.2) is 71.1 Å². The Balaban J connectivity index is 1.95. The number of furan rings is 1. The van der Waals surface area contributed by atoms with E-state index in [1.54, 1.807) is 0 Å². The molecule has 0 saturated heterocycles. The lowest BCUT2D eigenvalue weighted by Crippen LogP contribution is -2.40. The molecular weight excluding hydrogens is 336 g/mol. The largest absolute Gasteiger partial charge is 0.458 e. The van der Waals surface area contributed by atoms with Gasteiger partial charge in [0.1, 0.15) is 11.5 Å². The van der Waals surface area contributed by atoms with Gasteiger partial charge in [0.15, 0.2) is 8.32 Å². The Labute approximate surface area is 158 Å². The van der Waals surface area contributed by atoms with E-state index in [4.69, 9.17) is 8.84 Å². The van der Waals surface area contributed by atoms with E-state index in [0.29, 0.717) is 6.61 Å². The van der Waals surface area contributed by atoms with Gasteiger partial charge < -0.3 is 8.84 Å². The van der Waals surface area contributed by atoms with Crippen LogP contribution in [0.2, 0.25) is 18.1 Å². The molecule has 0 fully saturated rings. The maximum absolute atomic E-state index is 6.37. The van der Waals surface area contributed by atoms with Crippen molar-refractivity contribution >= 4 is 8.32 Å². The molecule has 3 aromatic rings.